The molecule has 3 heteroatoms. The molecule has 1 heterocycles. The van der Waals surface area contributed by atoms with Gasteiger partial charge in [-0.25, -0.2) is 4.98 Å². The van der Waals surface area contributed by atoms with Crippen LogP contribution in [0.3, 0.4) is 0 Å². The quantitative estimate of drug-likeness (QED) is 0.839. The lowest BCUT2D eigenvalue weighted by Crippen LogP contribution is -2.20. The maximum atomic E-state index is 6.00. The Hall–Kier alpha value is -1.40. The summed E-state index contributed by atoms with van der Waals surface area (Å²) in [6.45, 7) is 0. The van der Waals surface area contributed by atoms with Crippen molar-refractivity contribution in [3.8, 4) is 0 Å². The molecule has 2 aliphatic rings. The monoisotopic (exact) mass is 298 g/mol. The summed E-state index contributed by atoms with van der Waals surface area (Å²) < 4.78 is 0. The zero-order chi connectivity index (χ0) is 14.7. The molecule has 2 nitrogen and oxygen atoms in total. The van der Waals surface area contributed by atoms with Crippen molar-refractivity contribution in [1.82, 2.24) is 4.98 Å². The van der Waals surface area contributed by atoms with Gasteiger partial charge in [-0.15, -0.1) is 8.86 Å². The van der Waals surface area contributed by atoms with Gasteiger partial charge in [0.2, 0.25) is 0 Å². The van der Waals surface area contributed by atoms with Crippen LogP contribution in [-0.4, -0.2) is 10.3 Å². The van der Waals surface area contributed by atoms with Crippen molar-refractivity contribution >= 4 is 20.0 Å². The SMILES string of the molecule is Nc1ncccc1C(=P)C1=CC=CC(C2CCCCC2)C1. The number of hydrogen-bond donors (Lipinski definition) is 1. The zero-order valence-electron chi connectivity index (χ0n) is 12.4. The van der Waals surface area contributed by atoms with Gasteiger partial charge < -0.3 is 5.73 Å². The summed E-state index contributed by atoms with van der Waals surface area (Å²) in [4.78, 5) is 4.18. The van der Waals surface area contributed by atoms with Gasteiger partial charge in [-0.1, -0.05) is 37.5 Å². The Morgan fingerprint density at radius 3 is 2.81 bits per heavy atom. The number of pyridine rings is 1. The zero-order valence-corrected chi connectivity index (χ0v) is 13.4. The molecule has 0 aromatic carbocycles. The lowest BCUT2D eigenvalue weighted by atomic mass is 9.75. The Bertz CT molecular complexity index is 583. The van der Waals surface area contributed by atoms with Crippen molar-refractivity contribution in [3.05, 3.63) is 47.7 Å². The smallest absolute Gasteiger partial charge is 0.131 e. The molecule has 1 fully saturated rings. The minimum absolute atomic E-state index is 0.590. The van der Waals surface area contributed by atoms with E-state index in [2.05, 4.69) is 32.1 Å². The summed E-state index contributed by atoms with van der Waals surface area (Å²) in [5, 5.41) is 1.09. The third kappa shape index (κ3) is 3.27. The van der Waals surface area contributed by atoms with Crippen LogP contribution in [0, 0.1) is 11.8 Å². The Morgan fingerprint density at radius 1 is 1.24 bits per heavy atom. The van der Waals surface area contributed by atoms with Gasteiger partial charge in [0.05, 0.1) is 0 Å². The number of nitrogens with two attached hydrogens (primary N) is 1. The molecule has 1 saturated carbocycles. The van der Waals surface area contributed by atoms with Gasteiger partial charge in [-0.05, 0) is 48.8 Å². The van der Waals surface area contributed by atoms with Crippen molar-refractivity contribution < 1.29 is 0 Å². The van der Waals surface area contributed by atoms with Crippen LogP contribution >= 0.6 is 8.86 Å². The normalized spacial score (nSPS) is 22.9. The number of rotatable bonds is 3. The Labute approximate surface area is 129 Å². The highest BCUT2D eigenvalue weighted by Crippen LogP contribution is 2.36. The molecule has 110 valence electrons. The van der Waals surface area contributed by atoms with Gasteiger partial charge in [-0.3, -0.25) is 0 Å². The van der Waals surface area contributed by atoms with Gasteiger partial charge in [0, 0.05) is 17.1 Å². The second-order valence-electron chi connectivity index (χ2n) is 6.15. The van der Waals surface area contributed by atoms with E-state index >= 15 is 0 Å². The highest BCUT2D eigenvalue weighted by molar-refractivity contribution is 7.23. The fourth-order valence-electron chi connectivity index (χ4n) is 3.58. The largest absolute Gasteiger partial charge is 0.383 e. The molecule has 0 saturated heterocycles. The Morgan fingerprint density at radius 2 is 2.05 bits per heavy atom. The molecule has 3 rings (SSSR count). The molecule has 1 atom stereocenters. The van der Waals surface area contributed by atoms with Gasteiger partial charge in [0.25, 0.3) is 0 Å². The first-order chi connectivity index (χ1) is 10.3. The van der Waals surface area contributed by atoms with Crippen molar-refractivity contribution in [2.24, 2.45) is 11.8 Å². The highest BCUT2D eigenvalue weighted by Gasteiger charge is 2.25. The standard InChI is InChI=1S/C18H23N2P/c19-18-16(10-5-11-20-18)17(21)15-9-4-8-14(12-15)13-6-2-1-3-7-13/h4-5,8-11,13-14,21H,1-3,6-7,12H2,(H2,19,20). The molecule has 0 radical (unpaired) electrons. The molecule has 1 unspecified atom stereocenters. The van der Waals surface area contributed by atoms with Crippen LogP contribution in [0.5, 0.6) is 0 Å². The average Bonchev–Trinajstić information content (AvgIpc) is 2.56. The average molecular weight is 298 g/mol. The first kappa shape index (κ1) is 14.5. The number of nitrogen functional groups attached to an aromatic ring is 1. The predicted octanol–water partition coefficient (Wildman–Crippen LogP) is 4.41. The summed E-state index contributed by atoms with van der Waals surface area (Å²) in [5.74, 6) is 2.12. The lowest BCUT2D eigenvalue weighted by molar-refractivity contribution is 0.284. The van der Waals surface area contributed by atoms with Crippen LogP contribution in [0.15, 0.2) is 42.1 Å². The van der Waals surface area contributed by atoms with Crippen molar-refractivity contribution in [3.63, 3.8) is 0 Å². The third-order valence-corrected chi connectivity index (χ3v) is 5.39. The molecule has 0 aliphatic heterocycles. The molecule has 0 amide bonds. The van der Waals surface area contributed by atoms with Crippen molar-refractivity contribution in [1.29, 1.82) is 0 Å². The van der Waals surface area contributed by atoms with E-state index in [-0.39, 0.29) is 0 Å². The van der Waals surface area contributed by atoms with Crippen molar-refractivity contribution in [2.75, 3.05) is 5.73 Å². The molecule has 2 N–H and O–H groups in total. The second-order valence-corrected chi connectivity index (χ2v) is 6.65. The first-order valence-electron chi connectivity index (χ1n) is 7.93. The number of nitrogens with zero attached hydrogens (tertiary/aromatic N) is 1. The predicted molar refractivity (Wildman–Crippen MR) is 93.0 cm³/mol. The maximum absolute atomic E-state index is 6.00. The van der Waals surface area contributed by atoms with Gasteiger partial charge in [0.1, 0.15) is 5.82 Å². The minimum Gasteiger partial charge on any atom is -0.383 e. The van der Waals surface area contributed by atoms with Crippen LogP contribution in [0.25, 0.3) is 0 Å². The maximum Gasteiger partial charge on any atom is 0.131 e. The van der Waals surface area contributed by atoms with Gasteiger partial charge >= 0.3 is 0 Å². The number of allylic oxidation sites excluding steroid dienone is 4. The molecule has 0 spiro atoms. The number of hydrogen-bond acceptors (Lipinski definition) is 2. The van der Waals surface area contributed by atoms with Crippen molar-refractivity contribution in [2.45, 2.75) is 38.5 Å². The molecular weight excluding hydrogens is 275 g/mol. The van der Waals surface area contributed by atoms with Crippen LogP contribution in [-0.2, 0) is 0 Å². The first-order valence-corrected chi connectivity index (χ1v) is 8.43. The van der Waals surface area contributed by atoms with E-state index in [1.54, 1.807) is 6.20 Å². The van der Waals surface area contributed by atoms with E-state index < -0.39 is 0 Å². The fourth-order valence-corrected chi connectivity index (χ4v) is 3.97. The topological polar surface area (TPSA) is 38.9 Å². The lowest BCUT2D eigenvalue weighted by Gasteiger charge is -2.30. The van der Waals surface area contributed by atoms with Gasteiger partial charge in [0.15, 0.2) is 0 Å². The summed E-state index contributed by atoms with van der Waals surface area (Å²) in [7, 11) is 3.80. The summed E-state index contributed by atoms with van der Waals surface area (Å²) in [6.07, 6.45) is 16.6. The van der Waals surface area contributed by atoms with Crippen LogP contribution in [0.2, 0.25) is 0 Å². The van der Waals surface area contributed by atoms with Gasteiger partial charge in [-0.2, -0.15) is 0 Å². The summed E-state index contributed by atoms with van der Waals surface area (Å²) >= 11 is 0. The molecule has 21 heavy (non-hydrogen) atoms. The summed E-state index contributed by atoms with van der Waals surface area (Å²) in [5.41, 5.74) is 8.33. The Kier molecular flexibility index (Phi) is 4.55. The molecule has 1 aromatic rings. The van der Waals surface area contributed by atoms with E-state index in [4.69, 9.17) is 5.73 Å². The molecule has 0 bridgehead atoms. The van der Waals surface area contributed by atoms with Crippen LogP contribution < -0.4 is 5.73 Å². The highest BCUT2D eigenvalue weighted by atomic mass is 31.0. The van der Waals surface area contributed by atoms with E-state index in [0.717, 1.165) is 23.2 Å². The number of anilines is 1. The van der Waals surface area contributed by atoms with E-state index in [9.17, 15) is 0 Å². The molecule has 1 aromatic heterocycles. The van der Waals surface area contributed by atoms with E-state index in [1.807, 2.05) is 12.1 Å². The van der Waals surface area contributed by atoms with Crippen LogP contribution in [0.1, 0.15) is 44.1 Å². The van der Waals surface area contributed by atoms with Crippen LogP contribution in [0.4, 0.5) is 5.82 Å². The molecular formula is C18H23N2P. The fraction of sp³-hybridized carbons (Fsp3) is 0.444. The van der Waals surface area contributed by atoms with E-state index in [0.29, 0.717) is 11.7 Å². The second kappa shape index (κ2) is 6.58. The Balaban J connectivity index is 1.74. The minimum atomic E-state index is 0.590. The third-order valence-electron chi connectivity index (χ3n) is 4.80. The summed E-state index contributed by atoms with van der Waals surface area (Å²) in [6, 6.07) is 3.96. The molecule has 2 aliphatic carbocycles. The number of aromatic nitrogens is 1. The van der Waals surface area contributed by atoms with E-state index in [1.165, 1.54) is 37.7 Å².